The number of likely N-dealkylation sites (N-methyl/N-ethyl adjacent to an activating group) is 1. The van der Waals surface area contributed by atoms with E-state index in [0.29, 0.717) is 0 Å². The van der Waals surface area contributed by atoms with E-state index in [9.17, 15) is 4.79 Å². The van der Waals surface area contributed by atoms with Gasteiger partial charge in [-0.25, -0.2) is 4.79 Å². The van der Waals surface area contributed by atoms with Gasteiger partial charge in [0.2, 0.25) is 0 Å². The molecule has 4 nitrogen and oxygen atoms in total. The summed E-state index contributed by atoms with van der Waals surface area (Å²) in [4.78, 5) is 13.8. The summed E-state index contributed by atoms with van der Waals surface area (Å²) in [5.41, 5.74) is -0.410. The van der Waals surface area contributed by atoms with Gasteiger partial charge in [-0.2, -0.15) is 0 Å². The first-order valence-electron chi connectivity index (χ1n) is 5.62. The molecule has 0 radical (unpaired) electrons. The van der Waals surface area contributed by atoms with Crippen LogP contribution in [0.2, 0.25) is 0 Å². The number of rotatable bonds is 2. The molecule has 0 bridgehead atoms. The fourth-order valence-corrected chi connectivity index (χ4v) is 1.71. The van der Waals surface area contributed by atoms with Crippen molar-refractivity contribution in [3.63, 3.8) is 0 Å². The number of ether oxygens (including phenoxy) is 1. The Labute approximate surface area is 92.0 Å². The number of alkyl carbamates (subject to hydrolysis) is 1. The van der Waals surface area contributed by atoms with Crippen LogP contribution in [0.4, 0.5) is 4.79 Å². The molecule has 4 heteroatoms. The zero-order chi connectivity index (χ0) is 11.5. The minimum Gasteiger partial charge on any atom is -0.444 e. The van der Waals surface area contributed by atoms with Gasteiger partial charge in [0.15, 0.2) is 0 Å². The Bertz CT molecular complexity index is 223. The molecule has 0 aromatic carbocycles. The molecule has 1 amide bonds. The fraction of sp³-hybridized carbons (Fsp3) is 0.909. The third-order valence-electron chi connectivity index (χ3n) is 2.44. The van der Waals surface area contributed by atoms with Crippen molar-refractivity contribution in [3.05, 3.63) is 0 Å². The first-order chi connectivity index (χ1) is 6.90. The Morgan fingerprint density at radius 3 is 2.67 bits per heavy atom. The summed E-state index contributed by atoms with van der Waals surface area (Å²) in [5.74, 6) is 0. The zero-order valence-corrected chi connectivity index (χ0v) is 10.2. The van der Waals surface area contributed by atoms with Crippen molar-refractivity contribution >= 4 is 6.09 Å². The summed E-state index contributed by atoms with van der Waals surface area (Å²) in [6.45, 7) is 10.8. The van der Waals surface area contributed by atoms with Gasteiger partial charge in [-0.05, 0) is 33.7 Å². The SMILES string of the molecule is CCN1CC[C@@H](NC(=O)OC(C)(C)C)C1. The molecule has 0 unspecified atom stereocenters. The average Bonchev–Trinajstić information content (AvgIpc) is 2.48. The predicted octanol–water partition coefficient (Wildman–Crippen LogP) is 1.61. The number of hydrogen-bond donors (Lipinski definition) is 1. The third kappa shape index (κ3) is 4.51. The molecule has 1 aliphatic heterocycles. The second kappa shape index (κ2) is 4.84. The normalized spacial score (nSPS) is 22.8. The summed E-state index contributed by atoms with van der Waals surface area (Å²) in [5, 5.41) is 2.90. The smallest absolute Gasteiger partial charge is 0.407 e. The molecule has 1 fully saturated rings. The second-order valence-electron chi connectivity index (χ2n) is 5.03. The van der Waals surface area contributed by atoms with Gasteiger partial charge in [-0.15, -0.1) is 0 Å². The Kier molecular flexibility index (Phi) is 3.97. The zero-order valence-electron chi connectivity index (χ0n) is 10.2. The number of carbonyl (C=O) groups excluding carboxylic acids is 1. The topological polar surface area (TPSA) is 41.6 Å². The first kappa shape index (κ1) is 12.3. The van der Waals surface area contributed by atoms with Crippen LogP contribution < -0.4 is 5.32 Å². The Balaban J connectivity index is 2.28. The van der Waals surface area contributed by atoms with Crippen LogP contribution in [0.15, 0.2) is 0 Å². The van der Waals surface area contributed by atoms with Gasteiger partial charge in [0.05, 0.1) is 0 Å². The lowest BCUT2D eigenvalue weighted by molar-refractivity contribution is 0.0506. The summed E-state index contributed by atoms with van der Waals surface area (Å²) >= 11 is 0. The van der Waals surface area contributed by atoms with E-state index in [2.05, 4.69) is 17.1 Å². The van der Waals surface area contributed by atoms with Gasteiger partial charge in [0.1, 0.15) is 5.60 Å². The van der Waals surface area contributed by atoms with E-state index in [1.807, 2.05) is 20.8 Å². The summed E-state index contributed by atoms with van der Waals surface area (Å²) in [6.07, 6.45) is 0.720. The van der Waals surface area contributed by atoms with Crippen LogP contribution in [0, 0.1) is 0 Å². The molecule has 1 rings (SSSR count). The van der Waals surface area contributed by atoms with Gasteiger partial charge in [-0.1, -0.05) is 6.92 Å². The van der Waals surface area contributed by atoms with Gasteiger partial charge in [0, 0.05) is 19.1 Å². The largest absolute Gasteiger partial charge is 0.444 e. The molecule has 0 spiro atoms. The summed E-state index contributed by atoms with van der Waals surface area (Å²) in [7, 11) is 0. The minimum atomic E-state index is -0.410. The second-order valence-corrected chi connectivity index (χ2v) is 5.03. The molecule has 1 N–H and O–H groups in total. The van der Waals surface area contributed by atoms with Crippen molar-refractivity contribution < 1.29 is 9.53 Å². The standard InChI is InChI=1S/C11H22N2O2/c1-5-13-7-6-9(8-13)12-10(14)15-11(2,3)4/h9H,5-8H2,1-4H3,(H,12,14)/t9-/m1/s1. The number of carbonyl (C=O) groups is 1. The van der Waals surface area contributed by atoms with Crippen LogP contribution in [0.25, 0.3) is 0 Å². The highest BCUT2D eigenvalue weighted by atomic mass is 16.6. The number of amides is 1. The third-order valence-corrected chi connectivity index (χ3v) is 2.44. The molecule has 1 aliphatic rings. The first-order valence-corrected chi connectivity index (χ1v) is 5.62. The lowest BCUT2D eigenvalue weighted by Crippen LogP contribution is -2.40. The molecule has 0 aromatic heterocycles. The molecular formula is C11H22N2O2. The highest BCUT2D eigenvalue weighted by Crippen LogP contribution is 2.10. The Morgan fingerprint density at radius 2 is 2.20 bits per heavy atom. The number of likely N-dealkylation sites (tertiary alicyclic amines) is 1. The fourth-order valence-electron chi connectivity index (χ4n) is 1.71. The van der Waals surface area contributed by atoms with Crippen molar-refractivity contribution in [2.45, 2.75) is 45.8 Å². The monoisotopic (exact) mass is 214 g/mol. The van der Waals surface area contributed by atoms with E-state index in [-0.39, 0.29) is 12.1 Å². The van der Waals surface area contributed by atoms with Crippen LogP contribution >= 0.6 is 0 Å². The summed E-state index contributed by atoms with van der Waals surface area (Å²) in [6, 6.07) is 0.250. The molecule has 0 aromatic rings. The van der Waals surface area contributed by atoms with Gasteiger partial charge < -0.3 is 15.0 Å². The number of hydrogen-bond acceptors (Lipinski definition) is 3. The molecule has 1 heterocycles. The van der Waals surface area contributed by atoms with Gasteiger partial charge >= 0.3 is 6.09 Å². The molecular weight excluding hydrogens is 192 g/mol. The van der Waals surface area contributed by atoms with E-state index in [1.54, 1.807) is 0 Å². The maximum absolute atomic E-state index is 11.5. The molecule has 0 aliphatic carbocycles. The van der Waals surface area contributed by atoms with Gasteiger partial charge in [0.25, 0.3) is 0 Å². The maximum atomic E-state index is 11.5. The molecule has 15 heavy (non-hydrogen) atoms. The van der Waals surface area contributed by atoms with Crippen molar-refractivity contribution in [2.24, 2.45) is 0 Å². The van der Waals surface area contributed by atoms with Crippen LogP contribution in [0.5, 0.6) is 0 Å². The Hall–Kier alpha value is -0.770. The van der Waals surface area contributed by atoms with E-state index in [0.717, 1.165) is 26.1 Å². The number of nitrogens with one attached hydrogen (secondary N) is 1. The molecule has 1 saturated heterocycles. The van der Waals surface area contributed by atoms with Crippen molar-refractivity contribution in [3.8, 4) is 0 Å². The average molecular weight is 214 g/mol. The Morgan fingerprint density at radius 1 is 1.53 bits per heavy atom. The van der Waals surface area contributed by atoms with Gasteiger partial charge in [-0.3, -0.25) is 0 Å². The molecule has 88 valence electrons. The quantitative estimate of drug-likeness (QED) is 0.759. The predicted molar refractivity (Wildman–Crippen MR) is 59.9 cm³/mol. The van der Waals surface area contributed by atoms with E-state index in [4.69, 9.17) is 4.74 Å². The van der Waals surface area contributed by atoms with Crippen LogP contribution in [0.1, 0.15) is 34.1 Å². The van der Waals surface area contributed by atoms with Crippen molar-refractivity contribution in [2.75, 3.05) is 19.6 Å². The molecule has 0 saturated carbocycles. The van der Waals surface area contributed by atoms with Crippen molar-refractivity contribution in [1.82, 2.24) is 10.2 Å². The van der Waals surface area contributed by atoms with E-state index >= 15 is 0 Å². The lowest BCUT2D eigenvalue weighted by Gasteiger charge is -2.21. The lowest BCUT2D eigenvalue weighted by atomic mass is 10.2. The summed E-state index contributed by atoms with van der Waals surface area (Å²) < 4.78 is 5.20. The van der Waals surface area contributed by atoms with E-state index < -0.39 is 5.60 Å². The minimum absolute atomic E-state index is 0.250. The highest BCUT2D eigenvalue weighted by molar-refractivity contribution is 5.68. The highest BCUT2D eigenvalue weighted by Gasteiger charge is 2.24. The van der Waals surface area contributed by atoms with Crippen molar-refractivity contribution in [1.29, 1.82) is 0 Å². The van der Waals surface area contributed by atoms with Crippen LogP contribution in [0.3, 0.4) is 0 Å². The van der Waals surface area contributed by atoms with Crippen LogP contribution in [-0.4, -0.2) is 42.3 Å². The van der Waals surface area contributed by atoms with Crippen LogP contribution in [-0.2, 0) is 4.74 Å². The number of nitrogens with zero attached hydrogens (tertiary/aromatic N) is 1. The van der Waals surface area contributed by atoms with E-state index in [1.165, 1.54) is 0 Å². The maximum Gasteiger partial charge on any atom is 0.407 e. The molecule has 1 atom stereocenters.